The molecule has 1 atom stereocenters. The number of esters is 1. The Balaban J connectivity index is 2.18. The van der Waals surface area contributed by atoms with Crippen molar-refractivity contribution >= 4 is 34.9 Å². The second-order valence-corrected chi connectivity index (χ2v) is 8.17. The van der Waals surface area contributed by atoms with E-state index in [-0.39, 0.29) is 18.7 Å². The molecule has 168 valence electrons. The van der Waals surface area contributed by atoms with E-state index in [4.69, 9.17) is 27.9 Å². The summed E-state index contributed by atoms with van der Waals surface area (Å²) >= 11 is 12.0. The highest BCUT2D eigenvalue weighted by Gasteiger charge is 2.18. The molecular formula is C22H22Cl2N4O4. The van der Waals surface area contributed by atoms with Gasteiger partial charge in [0.1, 0.15) is 0 Å². The zero-order valence-corrected chi connectivity index (χ0v) is 19.3. The second kappa shape index (κ2) is 10.0. The van der Waals surface area contributed by atoms with Crippen molar-refractivity contribution in [2.24, 2.45) is 10.9 Å². The zero-order valence-electron chi connectivity index (χ0n) is 17.8. The van der Waals surface area contributed by atoms with Gasteiger partial charge in [0.25, 0.3) is 0 Å². The fourth-order valence-corrected chi connectivity index (χ4v) is 3.34. The Bertz CT molecular complexity index is 1320. The van der Waals surface area contributed by atoms with Crippen molar-refractivity contribution in [3.8, 4) is 0 Å². The van der Waals surface area contributed by atoms with Gasteiger partial charge in [-0.2, -0.15) is 0 Å². The Kier molecular flexibility index (Phi) is 7.37. The van der Waals surface area contributed by atoms with Gasteiger partial charge in [-0.1, -0.05) is 60.0 Å². The summed E-state index contributed by atoms with van der Waals surface area (Å²) in [7, 11) is 1.25. The predicted molar refractivity (Wildman–Crippen MR) is 122 cm³/mol. The van der Waals surface area contributed by atoms with Crippen molar-refractivity contribution in [1.82, 2.24) is 14.1 Å². The van der Waals surface area contributed by atoms with Crippen LogP contribution in [0.1, 0.15) is 18.1 Å². The lowest BCUT2D eigenvalue weighted by Crippen LogP contribution is -2.51. The van der Waals surface area contributed by atoms with Gasteiger partial charge in [-0.25, -0.2) is 19.1 Å². The molecule has 1 N–H and O–H groups in total. The van der Waals surface area contributed by atoms with E-state index in [9.17, 15) is 14.4 Å². The Morgan fingerprint density at radius 3 is 2.41 bits per heavy atom. The minimum atomic E-state index is -0.690. The molecule has 2 aromatic carbocycles. The van der Waals surface area contributed by atoms with Crippen LogP contribution in [0, 0.1) is 12.8 Å². The third kappa shape index (κ3) is 5.38. The highest BCUT2D eigenvalue weighted by atomic mass is 35.5. The Morgan fingerprint density at radius 2 is 1.78 bits per heavy atom. The van der Waals surface area contributed by atoms with Crippen LogP contribution in [0.15, 0.2) is 57.0 Å². The molecule has 3 aromatic rings. The number of H-pyrrole nitrogens is 1. The molecule has 0 aliphatic heterocycles. The number of hydrogen-bond acceptors (Lipinski definition) is 5. The second-order valence-electron chi connectivity index (χ2n) is 7.35. The van der Waals surface area contributed by atoms with E-state index >= 15 is 0 Å². The van der Waals surface area contributed by atoms with Gasteiger partial charge in [-0.3, -0.25) is 14.3 Å². The van der Waals surface area contributed by atoms with Crippen LogP contribution in [0.5, 0.6) is 0 Å². The van der Waals surface area contributed by atoms with Crippen LogP contribution < -0.4 is 17.0 Å². The Hall–Kier alpha value is -3.10. The van der Waals surface area contributed by atoms with Crippen molar-refractivity contribution in [2.75, 3.05) is 7.11 Å². The highest BCUT2D eigenvalue weighted by molar-refractivity contribution is 6.42. The third-order valence-electron chi connectivity index (χ3n) is 4.84. The van der Waals surface area contributed by atoms with Crippen molar-refractivity contribution in [3.63, 3.8) is 0 Å². The molecule has 0 saturated carbocycles. The van der Waals surface area contributed by atoms with Gasteiger partial charge in [0.2, 0.25) is 5.62 Å². The van der Waals surface area contributed by atoms with Gasteiger partial charge in [0.05, 0.1) is 35.3 Å². The van der Waals surface area contributed by atoms with E-state index in [1.54, 1.807) is 19.1 Å². The molecule has 0 saturated heterocycles. The summed E-state index contributed by atoms with van der Waals surface area (Å²) in [4.78, 5) is 44.9. The van der Waals surface area contributed by atoms with Crippen LogP contribution in [0.2, 0.25) is 10.0 Å². The fraction of sp³-hybridized carbons (Fsp3) is 0.273. The van der Waals surface area contributed by atoms with Crippen LogP contribution in [0.4, 0.5) is 5.69 Å². The first-order valence-corrected chi connectivity index (χ1v) is 10.5. The van der Waals surface area contributed by atoms with Gasteiger partial charge in [-0.05, 0) is 30.7 Å². The molecule has 0 amide bonds. The monoisotopic (exact) mass is 476 g/mol. The molecule has 0 fully saturated rings. The minimum Gasteiger partial charge on any atom is -0.469 e. The van der Waals surface area contributed by atoms with E-state index in [1.165, 1.54) is 17.7 Å². The highest BCUT2D eigenvalue weighted by Crippen LogP contribution is 2.26. The summed E-state index contributed by atoms with van der Waals surface area (Å²) in [5, 5.41) is 0.652. The van der Waals surface area contributed by atoms with Crippen molar-refractivity contribution in [1.29, 1.82) is 0 Å². The minimum absolute atomic E-state index is 0.0425. The molecule has 8 nitrogen and oxygen atoms in total. The molecule has 1 aromatic heterocycles. The molecule has 32 heavy (non-hydrogen) atoms. The van der Waals surface area contributed by atoms with Crippen molar-refractivity contribution in [3.05, 3.63) is 90.2 Å². The molecule has 3 rings (SSSR count). The lowest BCUT2D eigenvalue weighted by molar-refractivity contribution is -0.145. The normalized spacial score (nSPS) is 12.6. The Morgan fingerprint density at radius 1 is 1.09 bits per heavy atom. The number of aromatic nitrogens is 3. The molecule has 0 aliphatic carbocycles. The number of methoxy groups -OCH3 is 1. The largest absolute Gasteiger partial charge is 0.469 e. The van der Waals surface area contributed by atoms with Crippen LogP contribution >= 0.6 is 23.2 Å². The standard InChI is InChI=1S/C22H22Cl2N4O4/c1-13-4-6-15(7-5-13)12-27-20(25-16-8-9-17(23)18(24)10-16)26-21(30)28(22(27)31)11-14(2)19(29)32-3/h4-10,14H,11-12H2,1-3H3,(H,25,26,30)/t14-/m0/s1. The van der Waals surface area contributed by atoms with Gasteiger partial charge in [0, 0.05) is 6.54 Å². The first-order valence-electron chi connectivity index (χ1n) is 9.76. The zero-order chi connectivity index (χ0) is 23.4. The number of nitrogens with one attached hydrogen (secondary N) is 1. The van der Waals surface area contributed by atoms with Gasteiger partial charge in [0.15, 0.2) is 0 Å². The van der Waals surface area contributed by atoms with Crippen LogP contribution in [0.25, 0.3) is 0 Å². The number of aromatic amines is 1. The maximum atomic E-state index is 13.3. The van der Waals surface area contributed by atoms with Crippen LogP contribution in [-0.4, -0.2) is 27.2 Å². The summed E-state index contributed by atoms with van der Waals surface area (Å²) in [6.45, 7) is 3.56. The first-order chi connectivity index (χ1) is 15.2. The van der Waals surface area contributed by atoms with E-state index in [2.05, 4.69) is 9.98 Å². The average Bonchev–Trinajstić information content (AvgIpc) is 2.77. The summed E-state index contributed by atoms with van der Waals surface area (Å²) in [5.41, 5.74) is 1.07. The lowest BCUT2D eigenvalue weighted by atomic mass is 10.1. The van der Waals surface area contributed by atoms with Crippen LogP contribution in [0.3, 0.4) is 0 Å². The molecule has 1 heterocycles. The fourth-order valence-electron chi connectivity index (χ4n) is 3.05. The van der Waals surface area contributed by atoms with E-state index < -0.39 is 23.3 Å². The van der Waals surface area contributed by atoms with Crippen molar-refractivity contribution < 1.29 is 9.53 Å². The van der Waals surface area contributed by atoms with Gasteiger partial charge in [-0.15, -0.1) is 0 Å². The quantitative estimate of drug-likeness (QED) is 0.552. The Labute approximate surface area is 193 Å². The van der Waals surface area contributed by atoms with Gasteiger partial charge >= 0.3 is 17.3 Å². The summed E-state index contributed by atoms with van der Waals surface area (Å²) in [5.74, 6) is -1.21. The number of hydrogen-bond donors (Lipinski definition) is 1. The summed E-state index contributed by atoms with van der Waals surface area (Å²) in [6, 6.07) is 12.3. The lowest BCUT2D eigenvalue weighted by Gasteiger charge is -2.14. The number of carbonyl (C=O) groups is 1. The maximum Gasteiger partial charge on any atom is 0.335 e. The van der Waals surface area contributed by atoms with Crippen LogP contribution in [-0.2, 0) is 22.6 Å². The molecule has 0 spiro atoms. The molecular weight excluding hydrogens is 455 g/mol. The number of carbonyl (C=O) groups excluding carboxylic acids is 1. The number of aryl methyl sites for hydroxylation is 1. The molecule has 10 heteroatoms. The number of benzene rings is 2. The number of ether oxygens (including phenoxy) is 1. The molecule has 0 bridgehead atoms. The SMILES string of the molecule is COC(=O)[C@@H](C)Cn1c(=O)[nH]/c(=N\c2ccc(Cl)c(Cl)c2)n(Cc2ccc(C)cc2)c1=O. The van der Waals surface area contributed by atoms with E-state index in [0.717, 1.165) is 15.7 Å². The molecule has 0 radical (unpaired) electrons. The third-order valence-corrected chi connectivity index (χ3v) is 5.58. The number of rotatable bonds is 6. The predicted octanol–water partition coefficient (Wildman–Crippen LogP) is 3.04. The summed E-state index contributed by atoms with van der Waals surface area (Å²) in [6.07, 6.45) is 0. The number of halogens is 2. The summed E-state index contributed by atoms with van der Waals surface area (Å²) < 4.78 is 7.00. The first kappa shape index (κ1) is 23.6. The molecule has 0 unspecified atom stereocenters. The average molecular weight is 477 g/mol. The topological polar surface area (TPSA) is 98.4 Å². The van der Waals surface area contributed by atoms with E-state index in [1.807, 2.05) is 31.2 Å². The maximum absolute atomic E-state index is 13.3. The van der Waals surface area contributed by atoms with E-state index in [0.29, 0.717) is 15.7 Å². The molecule has 0 aliphatic rings. The number of nitrogens with zero attached hydrogens (tertiary/aromatic N) is 3. The van der Waals surface area contributed by atoms with Gasteiger partial charge < -0.3 is 4.74 Å². The van der Waals surface area contributed by atoms with Crippen molar-refractivity contribution in [2.45, 2.75) is 26.9 Å². The smallest absolute Gasteiger partial charge is 0.335 e.